The van der Waals surface area contributed by atoms with E-state index in [1.807, 2.05) is 18.2 Å². The fourth-order valence-electron chi connectivity index (χ4n) is 6.31. The molecular formula is C53H83O12P. The van der Waals surface area contributed by atoms with Crippen molar-refractivity contribution in [3.8, 4) is 0 Å². The number of aliphatic hydroxyl groups is 5. The highest BCUT2D eigenvalue weighted by molar-refractivity contribution is 7.47. The van der Waals surface area contributed by atoms with Gasteiger partial charge in [-0.25, -0.2) is 4.57 Å². The zero-order valence-electron chi connectivity index (χ0n) is 39.7. The van der Waals surface area contributed by atoms with Gasteiger partial charge in [0.2, 0.25) is 0 Å². The predicted octanol–water partition coefficient (Wildman–Crippen LogP) is 10.4. The molecule has 1 fully saturated rings. The van der Waals surface area contributed by atoms with Gasteiger partial charge >= 0.3 is 13.8 Å². The minimum absolute atomic E-state index is 0.0611. The van der Waals surface area contributed by atoms with E-state index in [1.165, 1.54) is 0 Å². The maximum Gasteiger partial charge on any atom is 0.472 e. The summed E-state index contributed by atoms with van der Waals surface area (Å²) in [4.78, 5) is 23.1. The summed E-state index contributed by atoms with van der Waals surface area (Å²) in [6.07, 6.45) is 49.8. The van der Waals surface area contributed by atoms with Gasteiger partial charge in [-0.05, 0) is 89.9 Å². The first-order chi connectivity index (χ1) is 32.0. The van der Waals surface area contributed by atoms with Crippen LogP contribution in [0.2, 0.25) is 0 Å². The Morgan fingerprint density at radius 3 is 1.29 bits per heavy atom. The van der Waals surface area contributed by atoms with Crippen molar-refractivity contribution in [2.75, 3.05) is 19.8 Å². The van der Waals surface area contributed by atoms with Crippen LogP contribution in [0, 0.1) is 0 Å². The molecule has 1 aliphatic carbocycles. The molecule has 0 aromatic rings. The molecule has 0 saturated heterocycles. The number of hydrogen-bond donors (Lipinski definition) is 6. The summed E-state index contributed by atoms with van der Waals surface area (Å²) in [5.41, 5.74) is 0. The van der Waals surface area contributed by atoms with Crippen molar-refractivity contribution in [1.29, 1.82) is 0 Å². The van der Waals surface area contributed by atoms with Gasteiger partial charge in [0.1, 0.15) is 42.7 Å². The summed E-state index contributed by atoms with van der Waals surface area (Å²) in [7, 11) is -5.06. The van der Waals surface area contributed by atoms with Crippen molar-refractivity contribution in [2.24, 2.45) is 0 Å². The highest BCUT2D eigenvalue weighted by Crippen LogP contribution is 2.47. The van der Waals surface area contributed by atoms with E-state index in [0.29, 0.717) is 13.0 Å². The van der Waals surface area contributed by atoms with Gasteiger partial charge in [-0.3, -0.25) is 13.8 Å². The van der Waals surface area contributed by atoms with Gasteiger partial charge in [0.05, 0.1) is 19.6 Å². The highest BCUT2D eigenvalue weighted by Gasteiger charge is 2.51. The Bertz CT molecular complexity index is 1590. The SMILES string of the molecule is CC/C=C\C/C=C\C/C=C\C/C=C\C/C=C\C/C=C\CCCCCCCOCC(COP(=O)(O)OC1C(O)C(O)C(O)C(O)C1O)OC(=O)C/C=C\C/C=C\C/C=C\C/C=C\C/C=C\CC. The molecule has 0 aliphatic heterocycles. The van der Waals surface area contributed by atoms with Gasteiger partial charge in [-0.1, -0.05) is 167 Å². The Morgan fingerprint density at radius 2 is 0.848 bits per heavy atom. The molecule has 1 rings (SSSR count). The third kappa shape index (κ3) is 33.0. The average Bonchev–Trinajstić information content (AvgIpc) is 3.30. The standard InChI is InChI=1S/C53H83O12P/c1-3-5-7-9-11-13-15-17-19-20-21-22-23-24-25-26-27-29-31-33-35-37-39-41-43-62-44-46(45-63-66(60,61)65-53-51(58)49(56)48(55)50(57)52(53)59)64-47(54)42-40-38-36-34-32-30-28-18-16-14-12-10-8-6-4-2/h5-8,11-14,17-19,21-22,24-25,27-29,32,34,38,40,46,48-53,55-59H,3-4,9-10,15-16,20,23,26,30-31,33,35-37,39,41-45H2,1-2H3,(H,60,61)/b7-5-,8-6-,13-11-,14-12-,19-17-,22-21-,25-24-,28-18-,29-27-,34-32-,40-38-. The van der Waals surface area contributed by atoms with Crippen LogP contribution < -0.4 is 0 Å². The summed E-state index contributed by atoms with van der Waals surface area (Å²) in [5.74, 6) is -0.618. The molecule has 0 heterocycles. The normalized spacial score (nSPS) is 22.6. The maximum absolute atomic E-state index is 12.8. The molecule has 0 spiro atoms. The summed E-state index contributed by atoms with van der Waals surface area (Å²) in [6, 6.07) is 0. The van der Waals surface area contributed by atoms with Gasteiger partial charge in [-0.15, -0.1) is 0 Å². The number of phosphoric acid groups is 1. The smallest absolute Gasteiger partial charge is 0.457 e. The van der Waals surface area contributed by atoms with Crippen LogP contribution in [0.4, 0.5) is 0 Å². The first-order valence-corrected chi connectivity index (χ1v) is 25.5. The Balaban J connectivity index is 2.44. The number of phosphoric ester groups is 1. The van der Waals surface area contributed by atoms with Crippen LogP contribution >= 0.6 is 7.82 Å². The first kappa shape index (κ1) is 60.5. The molecule has 0 amide bonds. The lowest BCUT2D eigenvalue weighted by Crippen LogP contribution is -2.64. The molecule has 0 aromatic carbocycles. The number of unbranched alkanes of at least 4 members (excludes halogenated alkanes) is 5. The second-order valence-corrected chi connectivity index (χ2v) is 17.3. The van der Waals surface area contributed by atoms with Gasteiger partial charge in [-0.2, -0.15) is 0 Å². The quantitative estimate of drug-likeness (QED) is 0.0149. The molecule has 6 atom stereocenters. The Morgan fingerprint density at radius 1 is 0.485 bits per heavy atom. The van der Waals surface area contributed by atoms with E-state index in [1.54, 1.807) is 6.08 Å². The number of esters is 1. The summed E-state index contributed by atoms with van der Waals surface area (Å²) < 4.78 is 34.0. The van der Waals surface area contributed by atoms with Crippen LogP contribution in [0.15, 0.2) is 134 Å². The molecule has 1 aliphatic rings. The third-order valence-electron chi connectivity index (χ3n) is 10.1. The second-order valence-electron chi connectivity index (χ2n) is 15.9. The number of hydrogen-bond acceptors (Lipinski definition) is 11. The first-order valence-electron chi connectivity index (χ1n) is 24.0. The van der Waals surface area contributed by atoms with Gasteiger partial charge in [0.15, 0.2) is 0 Å². The van der Waals surface area contributed by atoms with E-state index < -0.39 is 63.1 Å². The monoisotopic (exact) mass is 943 g/mol. The second kappa shape index (κ2) is 41.7. The summed E-state index contributed by atoms with van der Waals surface area (Å²) in [5, 5.41) is 50.2. The predicted molar refractivity (Wildman–Crippen MR) is 266 cm³/mol. The molecule has 0 bridgehead atoms. The number of allylic oxidation sites excluding steroid dienone is 21. The third-order valence-corrected chi connectivity index (χ3v) is 11.0. The minimum Gasteiger partial charge on any atom is -0.457 e. The lowest BCUT2D eigenvalue weighted by atomic mass is 9.85. The fraction of sp³-hybridized carbons (Fsp3) is 0.566. The van der Waals surface area contributed by atoms with E-state index in [4.69, 9.17) is 18.5 Å². The molecule has 372 valence electrons. The summed E-state index contributed by atoms with van der Waals surface area (Å²) >= 11 is 0. The largest absolute Gasteiger partial charge is 0.472 e. The maximum atomic E-state index is 12.8. The van der Waals surface area contributed by atoms with E-state index in [0.717, 1.165) is 103 Å². The van der Waals surface area contributed by atoms with Crippen molar-refractivity contribution in [3.63, 3.8) is 0 Å². The van der Waals surface area contributed by atoms with Gasteiger partial charge in [0.25, 0.3) is 0 Å². The lowest BCUT2D eigenvalue weighted by molar-refractivity contribution is -0.220. The van der Waals surface area contributed by atoms with Crippen molar-refractivity contribution in [3.05, 3.63) is 134 Å². The number of carbonyl (C=O) groups excluding carboxylic acids is 1. The van der Waals surface area contributed by atoms with Crippen LogP contribution in [0.5, 0.6) is 0 Å². The molecule has 66 heavy (non-hydrogen) atoms. The number of ether oxygens (including phenoxy) is 2. The van der Waals surface area contributed by atoms with E-state index >= 15 is 0 Å². The Hall–Kier alpha value is -3.52. The topological polar surface area (TPSA) is 192 Å². The zero-order valence-corrected chi connectivity index (χ0v) is 40.6. The molecule has 12 nitrogen and oxygen atoms in total. The molecule has 1 saturated carbocycles. The van der Waals surface area contributed by atoms with Crippen LogP contribution in [-0.2, 0) is 27.9 Å². The average molecular weight is 943 g/mol. The van der Waals surface area contributed by atoms with Crippen LogP contribution in [0.1, 0.15) is 129 Å². The van der Waals surface area contributed by atoms with Crippen molar-refractivity contribution < 1.29 is 58.3 Å². The summed E-state index contributed by atoms with van der Waals surface area (Å²) in [6.45, 7) is 3.85. The van der Waals surface area contributed by atoms with E-state index in [9.17, 15) is 39.8 Å². The molecule has 0 radical (unpaired) electrons. The van der Waals surface area contributed by atoms with Crippen LogP contribution in [0.3, 0.4) is 0 Å². The molecule has 0 aromatic heterocycles. The Labute approximate surface area is 396 Å². The molecule has 6 unspecified atom stereocenters. The van der Waals surface area contributed by atoms with Crippen LogP contribution in [0.25, 0.3) is 0 Å². The fourth-order valence-corrected chi connectivity index (χ4v) is 7.29. The van der Waals surface area contributed by atoms with Crippen molar-refractivity contribution in [1.82, 2.24) is 0 Å². The van der Waals surface area contributed by atoms with E-state index in [2.05, 4.69) is 123 Å². The Kier molecular flexibility index (Phi) is 38.2. The highest BCUT2D eigenvalue weighted by atomic mass is 31.2. The van der Waals surface area contributed by atoms with Gasteiger partial charge in [0, 0.05) is 6.61 Å². The molecular weight excluding hydrogens is 860 g/mol. The zero-order chi connectivity index (χ0) is 48.4. The van der Waals surface area contributed by atoms with Gasteiger partial charge < -0.3 is 39.9 Å². The van der Waals surface area contributed by atoms with Crippen molar-refractivity contribution in [2.45, 2.75) is 172 Å². The number of rotatable bonds is 38. The van der Waals surface area contributed by atoms with Crippen LogP contribution in [-0.4, -0.2) is 98.9 Å². The van der Waals surface area contributed by atoms with Crippen molar-refractivity contribution >= 4 is 13.8 Å². The molecule has 6 N–H and O–H groups in total. The van der Waals surface area contributed by atoms with E-state index in [-0.39, 0.29) is 13.0 Å². The number of carbonyl (C=O) groups is 1. The molecule has 13 heteroatoms. The number of aliphatic hydroxyl groups excluding tert-OH is 5. The minimum atomic E-state index is -5.06. The lowest BCUT2D eigenvalue weighted by Gasteiger charge is -2.41.